The van der Waals surface area contributed by atoms with Gasteiger partial charge in [-0.25, -0.2) is 14.4 Å². The minimum Gasteiger partial charge on any atom is -0.361 e. The van der Waals surface area contributed by atoms with Crippen molar-refractivity contribution < 1.29 is 8.91 Å². The molecule has 0 spiro atoms. The molecule has 0 radical (unpaired) electrons. The number of halogens is 1. The van der Waals surface area contributed by atoms with Gasteiger partial charge in [-0.2, -0.15) is 0 Å². The number of aromatic nitrogens is 3. The van der Waals surface area contributed by atoms with Crippen molar-refractivity contribution in [3.8, 4) is 11.1 Å². The highest BCUT2D eigenvalue weighted by atomic mass is 19.1. The summed E-state index contributed by atoms with van der Waals surface area (Å²) in [4.78, 5) is 8.65. The van der Waals surface area contributed by atoms with Crippen molar-refractivity contribution in [3.63, 3.8) is 0 Å². The van der Waals surface area contributed by atoms with Gasteiger partial charge < -0.3 is 9.84 Å². The first-order valence-corrected chi connectivity index (χ1v) is 7.82. The lowest BCUT2D eigenvalue weighted by Crippen LogP contribution is -1.96. The largest absolute Gasteiger partial charge is 0.361 e. The second-order valence-electron chi connectivity index (χ2n) is 5.79. The molecular weight excluding hydrogens is 319 g/mol. The van der Waals surface area contributed by atoms with Crippen LogP contribution in [0.3, 0.4) is 0 Å². The van der Waals surface area contributed by atoms with Crippen LogP contribution in [0.1, 0.15) is 11.5 Å². The van der Waals surface area contributed by atoms with Crippen molar-refractivity contribution in [1.29, 1.82) is 0 Å². The fourth-order valence-electron chi connectivity index (χ4n) is 2.88. The van der Waals surface area contributed by atoms with E-state index in [-0.39, 0.29) is 5.82 Å². The Kier molecular flexibility index (Phi) is 3.65. The molecule has 2 heterocycles. The van der Waals surface area contributed by atoms with Gasteiger partial charge in [0.15, 0.2) is 0 Å². The lowest BCUT2D eigenvalue weighted by molar-refractivity contribution is 0.393. The summed E-state index contributed by atoms with van der Waals surface area (Å²) in [5, 5.41) is 8.10. The van der Waals surface area contributed by atoms with Crippen LogP contribution in [-0.4, -0.2) is 15.1 Å². The summed E-state index contributed by atoms with van der Waals surface area (Å²) in [7, 11) is 0. The van der Waals surface area contributed by atoms with E-state index in [0.29, 0.717) is 5.82 Å². The maximum absolute atomic E-state index is 13.1. The molecule has 0 aliphatic carbocycles. The third-order valence-electron chi connectivity index (χ3n) is 4.06. The molecule has 1 N–H and O–H groups in total. The molecule has 0 fully saturated rings. The van der Waals surface area contributed by atoms with E-state index >= 15 is 0 Å². The van der Waals surface area contributed by atoms with Crippen LogP contribution in [0.15, 0.2) is 53.3 Å². The Morgan fingerprint density at radius 1 is 1.00 bits per heavy atom. The quantitative estimate of drug-likeness (QED) is 0.584. The number of hydrogen-bond donors (Lipinski definition) is 1. The number of anilines is 2. The first-order valence-electron chi connectivity index (χ1n) is 7.82. The van der Waals surface area contributed by atoms with Crippen LogP contribution in [0.5, 0.6) is 0 Å². The molecule has 0 saturated carbocycles. The molecule has 6 heteroatoms. The normalized spacial score (nSPS) is 11.0. The molecule has 2 aromatic carbocycles. The van der Waals surface area contributed by atoms with Gasteiger partial charge in [0.05, 0.1) is 11.2 Å². The molecule has 0 amide bonds. The van der Waals surface area contributed by atoms with Crippen LogP contribution in [0, 0.1) is 19.7 Å². The number of hydrogen-bond acceptors (Lipinski definition) is 5. The Balaban J connectivity index is 1.82. The highest BCUT2D eigenvalue weighted by Crippen LogP contribution is 2.31. The molecule has 0 saturated heterocycles. The van der Waals surface area contributed by atoms with Crippen molar-refractivity contribution >= 4 is 22.4 Å². The highest BCUT2D eigenvalue weighted by Gasteiger charge is 2.13. The van der Waals surface area contributed by atoms with E-state index < -0.39 is 0 Å². The predicted octanol–water partition coefficient (Wildman–Crippen LogP) is 4.78. The van der Waals surface area contributed by atoms with Crippen molar-refractivity contribution in [3.05, 3.63) is 66.1 Å². The lowest BCUT2D eigenvalue weighted by Gasteiger charge is -2.10. The van der Waals surface area contributed by atoms with Crippen LogP contribution in [0.2, 0.25) is 0 Å². The van der Waals surface area contributed by atoms with Crippen LogP contribution in [-0.2, 0) is 0 Å². The maximum Gasteiger partial charge on any atom is 0.141 e. The molecule has 25 heavy (non-hydrogen) atoms. The molecule has 0 bridgehead atoms. The molecular formula is C19H15FN4O. The van der Waals surface area contributed by atoms with E-state index in [1.807, 2.05) is 32.0 Å². The second-order valence-corrected chi connectivity index (χ2v) is 5.79. The Morgan fingerprint density at radius 3 is 2.52 bits per heavy atom. The smallest absolute Gasteiger partial charge is 0.141 e. The third-order valence-corrected chi connectivity index (χ3v) is 4.06. The van der Waals surface area contributed by atoms with Gasteiger partial charge in [0.25, 0.3) is 0 Å². The highest BCUT2D eigenvalue weighted by molar-refractivity contribution is 5.94. The van der Waals surface area contributed by atoms with E-state index in [2.05, 4.69) is 20.4 Å². The lowest BCUT2D eigenvalue weighted by atomic mass is 10.0. The molecule has 4 aromatic rings. The Labute approximate surface area is 143 Å². The van der Waals surface area contributed by atoms with Crippen LogP contribution < -0.4 is 5.32 Å². The summed E-state index contributed by atoms with van der Waals surface area (Å²) in [6, 6.07) is 12.1. The van der Waals surface area contributed by atoms with Gasteiger partial charge in [0, 0.05) is 16.6 Å². The second kappa shape index (κ2) is 5.98. The van der Waals surface area contributed by atoms with E-state index in [1.165, 1.54) is 18.5 Å². The van der Waals surface area contributed by atoms with Gasteiger partial charge >= 0.3 is 0 Å². The van der Waals surface area contributed by atoms with Gasteiger partial charge in [0.2, 0.25) is 0 Å². The third kappa shape index (κ3) is 2.82. The molecule has 0 unspecified atom stereocenters. The fourth-order valence-corrected chi connectivity index (χ4v) is 2.88. The molecule has 0 aliphatic heterocycles. The summed E-state index contributed by atoms with van der Waals surface area (Å²) >= 11 is 0. The predicted molar refractivity (Wildman–Crippen MR) is 94.2 cm³/mol. The fraction of sp³-hybridized carbons (Fsp3) is 0.105. The zero-order chi connectivity index (χ0) is 17.4. The zero-order valence-electron chi connectivity index (χ0n) is 13.7. The number of nitrogens with one attached hydrogen (secondary N) is 1. The van der Waals surface area contributed by atoms with Crippen LogP contribution in [0.25, 0.3) is 22.0 Å². The zero-order valence-corrected chi connectivity index (χ0v) is 13.7. The van der Waals surface area contributed by atoms with E-state index in [1.54, 1.807) is 12.1 Å². The van der Waals surface area contributed by atoms with Crippen LogP contribution in [0.4, 0.5) is 15.9 Å². The number of aryl methyl sites for hydroxylation is 2. The molecule has 4 rings (SSSR count). The number of benzene rings is 2. The van der Waals surface area contributed by atoms with E-state index in [9.17, 15) is 4.39 Å². The minimum absolute atomic E-state index is 0.279. The van der Waals surface area contributed by atoms with Gasteiger partial charge in [-0.1, -0.05) is 11.2 Å². The van der Waals surface area contributed by atoms with Crippen LogP contribution >= 0.6 is 0 Å². The Morgan fingerprint density at radius 2 is 1.80 bits per heavy atom. The number of fused-ring (bicyclic) bond motifs is 1. The van der Waals surface area contributed by atoms with Crippen molar-refractivity contribution in [2.45, 2.75) is 13.8 Å². The summed E-state index contributed by atoms with van der Waals surface area (Å²) < 4.78 is 18.4. The van der Waals surface area contributed by atoms with Gasteiger partial charge in [0.1, 0.15) is 23.7 Å². The van der Waals surface area contributed by atoms with Crippen molar-refractivity contribution in [2.24, 2.45) is 0 Å². The standard InChI is InChI=1S/C19H15FN4O/c1-11-18(12(2)25-24-11)13-3-8-17-16(9-13)19(22-10-21-17)23-15-6-4-14(20)5-7-15/h3-10H,1-2H3,(H,21,22,23). The Hall–Kier alpha value is -3.28. The van der Waals surface area contributed by atoms with Crippen molar-refractivity contribution in [1.82, 2.24) is 15.1 Å². The average Bonchev–Trinajstić information content (AvgIpc) is 2.95. The van der Waals surface area contributed by atoms with Gasteiger partial charge in [-0.05, 0) is 55.8 Å². The van der Waals surface area contributed by atoms with E-state index in [0.717, 1.165) is 39.2 Å². The topological polar surface area (TPSA) is 63.8 Å². The van der Waals surface area contributed by atoms with Crippen molar-refractivity contribution in [2.75, 3.05) is 5.32 Å². The average molecular weight is 334 g/mol. The first kappa shape index (κ1) is 15.3. The first-order chi connectivity index (χ1) is 12.1. The SMILES string of the molecule is Cc1noc(C)c1-c1ccc2ncnc(Nc3ccc(F)cc3)c2c1. The van der Waals surface area contributed by atoms with Gasteiger partial charge in [-0.3, -0.25) is 0 Å². The molecule has 124 valence electrons. The summed E-state index contributed by atoms with van der Waals surface area (Å²) in [6.07, 6.45) is 1.50. The summed E-state index contributed by atoms with van der Waals surface area (Å²) in [5.74, 6) is 1.14. The monoisotopic (exact) mass is 334 g/mol. The van der Waals surface area contributed by atoms with Gasteiger partial charge in [-0.15, -0.1) is 0 Å². The molecule has 5 nitrogen and oxygen atoms in total. The molecule has 0 aliphatic rings. The maximum atomic E-state index is 13.1. The number of rotatable bonds is 3. The molecule has 2 aromatic heterocycles. The van der Waals surface area contributed by atoms with E-state index in [4.69, 9.17) is 4.52 Å². The molecule has 0 atom stereocenters. The summed E-state index contributed by atoms with van der Waals surface area (Å²) in [5.41, 5.74) is 4.36. The number of nitrogens with zero attached hydrogens (tertiary/aromatic N) is 3. The Bertz CT molecular complexity index is 1040. The minimum atomic E-state index is -0.279. The summed E-state index contributed by atoms with van der Waals surface area (Å²) in [6.45, 7) is 3.80.